The number of hydrogen-bond acceptors (Lipinski definition) is 3. The van der Waals surface area contributed by atoms with Crippen molar-refractivity contribution in [1.29, 1.82) is 0 Å². The minimum Gasteiger partial charge on any atom is -0.394 e. The maximum Gasteiger partial charge on any atom is 0.253 e. The predicted octanol–water partition coefficient (Wildman–Crippen LogP) is 2.83. The molecule has 0 saturated carbocycles. The Hall–Kier alpha value is -0.420. The number of carbonyl (C=O) groups excluding carboxylic acids is 1. The maximum atomic E-state index is 11.9. The lowest BCUT2D eigenvalue weighted by atomic mass is 10.2. The van der Waals surface area contributed by atoms with Gasteiger partial charge in [-0.25, -0.2) is 0 Å². The van der Waals surface area contributed by atoms with Gasteiger partial charge in [-0.3, -0.25) is 4.79 Å². The summed E-state index contributed by atoms with van der Waals surface area (Å²) in [6.45, 7) is 1.59. The van der Waals surface area contributed by atoms with Gasteiger partial charge in [-0.1, -0.05) is 23.2 Å². The minimum atomic E-state index is -0.316. The zero-order chi connectivity index (χ0) is 13.0. The van der Waals surface area contributed by atoms with E-state index in [0.717, 1.165) is 4.90 Å². The summed E-state index contributed by atoms with van der Waals surface area (Å²) in [5, 5.41) is 12.3. The normalized spacial score (nSPS) is 12.3. The van der Waals surface area contributed by atoms with Crippen LogP contribution in [-0.4, -0.2) is 29.9 Å². The van der Waals surface area contributed by atoms with Crippen LogP contribution in [0.5, 0.6) is 0 Å². The van der Waals surface area contributed by atoms with Crippen LogP contribution in [0.4, 0.5) is 0 Å². The summed E-state index contributed by atoms with van der Waals surface area (Å²) in [5.41, 5.74) is 0.362. The maximum absolute atomic E-state index is 11.9. The number of halogens is 2. The van der Waals surface area contributed by atoms with Crippen LogP contribution in [0, 0.1) is 0 Å². The van der Waals surface area contributed by atoms with Crippen molar-refractivity contribution in [3.8, 4) is 0 Å². The highest BCUT2D eigenvalue weighted by Crippen LogP contribution is 2.31. The molecule has 0 radical (unpaired) electrons. The van der Waals surface area contributed by atoms with E-state index in [1.165, 1.54) is 11.8 Å². The lowest BCUT2D eigenvalue weighted by molar-refractivity contribution is 0.0922. The number of thioether (sulfide) groups is 1. The van der Waals surface area contributed by atoms with Crippen LogP contribution in [0.3, 0.4) is 0 Å². The average Bonchev–Trinajstić information content (AvgIpc) is 2.28. The molecule has 0 bridgehead atoms. The predicted molar refractivity (Wildman–Crippen MR) is 72.3 cm³/mol. The quantitative estimate of drug-likeness (QED) is 0.840. The van der Waals surface area contributed by atoms with Gasteiger partial charge in [-0.2, -0.15) is 0 Å². The molecule has 1 aromatic carbocycles. The van der Waals surface area contributed by atoms with Gasteiger partial charge in [0.05, 0.1) is 22.2 Å². The van der Waals surface area contributed by atoms with Gasteiger partial charge in [0.1, 0.15) is 0 Å². The highest BCUT2D eigenvalue weighted by atomic mass is 35.5. The summed E-state index contributed by atoms with van der Waals surface area (Å²) in [4.78, 5) is 12.6. The van der Waals surface area contributed by atoms with Gasteiger partial charge in [0.2, 0.25) is 0 Å². The Kier molecular flexibility index (Phi) is 5.59. The minimum absolute atomic E-state index is 0.119. The van der Waals surface area contributed by atoms with Gasteiger partial charge in [0, 0.05) is 10.9 Å². The summed E-state index contributed by atoms with van der Waals surface area (Å²) in [7, 11) is 0. The average molecular weight is 294 g/mol. The fourth-order valence-corrected chi connectivity index (χ4v) is 2.40. The van der Waals surface area contributed by atoms with Crippen LogP contribution < -0.4 is 5.32 Å². The molecule has 1 rings (SSSR count). The summed E-state index contributed by atoms with van der Waals surface area (Å²) >= 11 is 13.4. The van der Waals surface area contributed by atoms with E-state index in [-0.39, 0.29) is 18.6 Å². The summed E-state index contributed by atoms with van der Waals surface area (Å²) in [6.07, 6.45) is 1.87. The van der Waals surface area contributed by atoms with Crippen molar-refractivity contribution in [2.24, 2.45) is 0 Å². The third-order valence-electron chi connectivity index (χ3n) is 2.14. The first-order valence-corrected chi connectivity index (χ1v) is 6.92. The number of nitrogens with one attached hydrogen (secondary N) is 1. The second kappa shape index (κ2) is 6.50. The smallest absolute Gasteiger partial charge is 0.253 e. The topological polar surface area (TPSA) is 49.3 Å². The molecule has 17 heavy (non-hydrogen) atoms. The SMILES string of the molecule is CSc1cc(C(=O)NC(C)CO)c(Cl)cc1Cl. The molecule has 1 atom stereocenters. The molecule has 1 aromatic rings. The lowest BCUT2D eigenvalue weighted by Gasteiger charge is -2.13. The van der Waals surface area contributed by atoms with Crippen molar-refractivity contribution in [2.45, 2.75) is 17.9 Å². The van der Waals surface area contributed by atoms with Crippen molar-refractivity contribution in [3.05, 3.63) is 27.7 Å². The molecule has 0 aromatic heterocycles. The van der Waals surface area contributed by atoms with Crippen LogP contribution in [-0.2, 0) is 0 Å². The van der Waals surface area contributed by atoms with E-state index >= 15 is 0 Å². The highest BCUT2D eigenvalue weighted by molar-refractivity contribution is 7.98. The largest absolute Gasteiger partial charge is 0.394 e. The third kappa shape index (κ3) is 3.78. The summed E-state index contributed by atoms with van der Waals surface area (Å²) in [5.74, 6) is -0.316. The molecular formula is C11H13Cl2NO2S. The molecule has 94 valence electrons. The van der Waals surface area contributed by atoms with Gasteiger partial charge in [0.25, 0.3) is 5.91 Å². The fraction of sp³-hybridized carbons (Fsp3) is 0.364. The molecule has 0 spiro atoms. The highest BCUT2D eigenvalue weighted by Gasteiger charge is 2.15. The Morgan fingerprint density at radius 1 is 1.47 bits per heavy atom. The Bertz CT molecular complexity index is 426. The van der Waals surface area contributed by atoms with Crippen LogP contribution in [0.25, 0.3) is 0 Å². The first-order valence-electron chi connectivity index (χ1n) is 4.94. The van der Waals surface area contributed by atoms with E-state index in [2.05, 4.69) is 5.32 Å². The van der Waals surface area contributed by atoms with E-state index < -0.39 is 0 Å². The summed E-state index contributed by atoms with van der Waals surface area (Å²) in [6, 6.07) is 2.88. The Morgan fingerprint density at radius 2 is 2.12 bits per heavy atom. The van der Waals surface area contributed by atoms with Gasteiger partial charge in [-0.15, -0.1) is 11.8 Å². The van der Waals surface area contributed by atoms with E-state index in [9.17, 15) is 4.79 Å². The molecule has 0 aliphatic carbocycles. The molecule has 0 heterocycles. The fourth-order valence-electron chi connectivity index (χ4n) is 1.21. The van der Waals surface area contributed by atoms with Crippen LogP contribution in [0.2, 0.25) is 10.0 Å². The second-order valence-electron chi connectivity index (χ2n) is 3.52. The molecule has 1 amide bonds. The number of hydrogen-bond donors (Lipinski definition) is 2. The Balaban J connectivity index is 3.01. The first kappa shape index (κ1) is 14.6. The van der Waals surface area contributed by atoms with Crippen molar-refractivity contribution in [3.63, 3.8) is 0 Å². The van der Waals surface area contributed by atoms with Crippen molar-refractivity contribution >= 4 is 40.9 Å². The summed E-state index contributed by atoms with van der Waals surface area (Å²) < 4.78 is 0. The molecule has 6 heteroatoms. The van der Waals surface area contributed by atoms with Crippen LogP contribution in [0.1, 0.15) is 17.3 Å². The molecule has 0 aliphatic rings. The second-order valence-corrected chi connectivity index (χ2v) is 5.19. The molecule has 0 saturated heterocycles. The van der Waals surface area contributed by atoms with E-state index in [1.807, 2.05) is 6.26 Å². The van der Waals surface area contributed by atoms with Gasteiger partial charge in [-0.05, 0) is 25.3 Å². The van der Waals surface area contributed by atoms with E-state index in [1.54, 1.807) is 19.1 Å². The van der Waals surface area contributed by atoms with Crippen LogP contribution in [0.15, 0.2) is 17.0 Å². The standard InChI is InChI=1S/C11H13Cl2NO2S/c1-6(5-15)14-11(16)7-3-10(17-2)9(13)4-8(7)12/h3-4,6,15H,5H2,1-2H3,(H,14,16). The molecule has 2 N–H and O–H groups in total. The van der Waals surface area contributed by atoms with Crippen molar-refractivity contribution in [2.75, 3.05) is 12.9 Å². The van der Waals surface area contributed by atoms with Crippen molar-refractivity contribution < 1.29 is 9.90 Å². The number of aliphatic hydroxyl groups is 1. The number of amides is 1. The number of carbonyl (C=O) groups is 1. The van der Waals surface area contributed by atoms with Gasteiger partial charge in [0.15, 0.2) is 0 Å². The Morgan fingerprint density at radius 3 is 2.65 bits per heavy atom. The van der Waals surface area contributed by atoms with Crippen molar-refractivity contribution in [1.82, 2.24) is 5.32 Å². The monoisotopic (exact) mass is 293 g/mol. The first-order chi connectivity index (χ1) is 7.99. The van der Waals surface area contributed by atoms with Crippen LogP contribution >= 0.6 is 35.0 Å². The number of benzene rings is 1. The zero-order valence-corrected chi connectivity index (χ0v) is 11.8. The molecule has 0 aliphatic heterocycles. The molecule has 3 nitrogen and oxygen atoms in total. The Labute approximate surface area is 114 Å². The molecule has 1 unspecified atom stereocenters. The van der Waals surface area contributed by atoms with E-state index in [0.29, 0.717) is 15.6 Å². The third-order valence-corrected chi connectivity index (χ3v) is 3.65. The van der Waals surface area contributed by atoms with Gasteiger partial charge >= 0.3 is 0 Å². The zero-order valence-electron chi connectivity index (χ0n) is 9.46. The van der Waals surface area contributed by atoms with Gasteiger partial charge < -0.3 is 10.4 Å². The van der Waals surface area contributed by atoms with E-state index in [4.69, 9.17) is 28.3 Å². The lowest BCUT2D eigenvalue weighted by Crippen LogP contribution is -2.35. The number of rotatable bonds is 4. The molecular weight excluding hydrogens is 281 g/mol. The number of aliphatic hydroxyl groups excluding tert-OH is 1. The molecule has 0 fully saturated rings.